The standard InChI is InChI=1S/C14H32N2/c1-3-4-8-11-16-12-9-6-5-7-10-14(2)13-15/h14,16H,3-13,15H2,1-2H3. The molecule has 0 rings (SSSR count). The van der Waals surface area contributed by atoms with E-state index in [1.54, 1.807) is 0 Å². The number of nitrogens with one attached hydrogen (secondary N) is 1. The van der Waals surface area contributed by atoms with Crippen LogP contribution in [-0.4, -0.2) is 19.6 Å². The molecule has 0 aromatic heterocycles. The second kappa shape index (κ2) is 13.0. The molecular formula is C14H32N2. The third-order valence-corrected chi connectivity index (χ3v) is 3.16. The molecule has 0 radical (unpaired) electrons. The van der Waals surface area contributed by atoms with Gasteiger partial charge in [-0.25, -0.2) is 0 Å². The van der Waals surface area contributed by atoms with Gasteiger partial charge in [0.05, 0.1) is 0 Å². The summed E-state index contributed by atoms with van der Waals surface area (Å²) in [5.74, 6) is 0.715. The van der Waals surface area contributed by atoms with Crippen molar-refractivity contribution < 1.29 is 0 Å². The Kier molecular flexibility index (Phi) is 12.9. The highest BCUT2D eigenvalue weighted by atomic mass is 14.8. The van der Waals surface area contributed by atoms with Crippen molar-refractivity contribution in [2.75, 3.05) is 19.6 Å². The minimum atomic E-state index is 0.715. The Labute approximate surface area is 102 Å². The average molecular weight is 228 g/mol. The molecule has 0 fully saturated rings. The summed E-state index contributed by atoms with van der Waals surface area (Å²) in [6.45, 7) is 7.75. The Hall–Kier alpha value is -0.0800. The SMILES string of the molecule is CCCCCNCCCCCCC(C)CN. The maximum absolute atomic E-state index is 5.58. The maximum Gasteiger partial charge on any atom is -0.00489 e. The molecule has 0 aromatic rings. The van der Waals surface area contributed by atoms with E-state index in [1.165, 1.54) is 64.5 Å². The molecule has 0 amide bonds. The fourth-order valence-electron chi connectivity index (χ4n) is 1.84. The van der Waals surface area contributed by atoms with Crippen molar-refractivity contribution in [2.45, 2.75) is 65.2 Å². The number of unbranched alkanes of at least 4 members (excludes halogenated alkanes) is 5. The molecule has 0 bridgehead atoms. The number of rotatable bonds is 12. The Bertz CT molecular complexity index is 126. The Morgan fingerprint density at radius 3 is 2.19 bits per heavy atom. The molecule has 2 nitrogen and oxygen atoms in total. The lowest BCUT2D eigenvalue weighted by molar-refractivity contribution is 0.489. The van der Waals surface area contributed by atoms with Gasteiger partial charge in [-0.05, 0) is 44.8 Å². The first-order valence-corrected chi connectivity index (χ1v) is 7.22. The van der Waals surface area contributed by atoms with Gasteiger partial charge < -0.3 is 11.1 Å². The van der Waals surface area contributed by atoms with Crippen molar-refractivity contribution in [3.05, 3.63) is 0 Å². The van der Waals surface area contributed by atoms with Crippen LogP contribution in [0, 0.1) is 5.92 Å². The largest absolute Gasteiger partial charge is 0.330 e. The van der Waals surface area contributed by atoms with Gasteiger partial charge in [0, 0.05) is 0 Å². The third-order valence-electron chi connectivity index (χ3n) is 3.16. The highest BCUT2D eigenvalue weighted by Gasteiger charge is 1.98. The molecule has 0 saturated carbocycles. The van der Waals surface area contributed by atoms with Crippen LogP contribution >= 0.6 is 0 Å². The lowest BCUT2D eigenvalue weighted by Crippen LogP contribution is -2.16. The molecule has 2 heteroatoms. The lowest BCUT2D eigenvalue weighted by atomic mass is 10.0. The van der Waals surface area contributed by atoms with Crippen LogP contribution in [0.3, 0.4) is 0 Å². The molecular weight excluding hydrogens is 196 g/mol. The fourth-order valence-corrected chi connectivity index (χ4v) is 1.84. The zero-order valence-corrected chi connectivity index (χ0v) is 11.4. The van der Waals surface area contributed by atoms with Crippen LogP contribution in [0.5, 0.6) is 0 Å². The van der Waals surface area contributed by atoms with Crippen LogP contribution in [0.15, 0.2) is 0 Å². The van der Waals surface area contributed by atoms with E-state index >= 15 is 0 Å². The molecule has 0 heterocycles. The Morgan fingerprint density at radius 1 is 0.938 bits per heavy atom. The van der Waals surface area contributed by atoms with Crippen molar-refractivity contribution in [3.8, 4) is 0 Å². The van der Waals surface area contributed by atoms with Gasteiger partial charge in [0.25, 0.3) is 0 Å². The van der Waals surface area contributed by atoms with Crippen LogP contribution in [0.25, 0.3) is 0 Å². The molecule has 0 aliphatic rings. The van der Waals surface area contributed by atoms with E-state index in [2.05, 4.69) is 19.2 Å². The number of nitrogens with two attached hydrogens (primary N) is 1. The summed E-state index contributed by atoms with van der Waals surface area (Å²) in [5.41, 5.74) is 5.58. The van der Waals surface area contributed by atoms with E-state index in [0.717, 1.165) is 6.54 Å². The summed E-state index contributed by atoms with van der Waals surface area (Å²) < 4.78 is 0. The van der Waals surface area contributed by atoms with E-state index in [0.29, 0.717) is 5.92 Å². The van der Waals surface area contributed by atoms with E-state index in [-0.39, 0.29) is 0 Å². The molecule has 0 aliphatic heterocycles. The van der Waals surface area contributed by atoms with Crippen LogP contribution in [0.2, 0.25) is 0 Å². The second-order valence-electron chi connectivity index (χ2n) is 5.00. The topological polar surface area (TPSA) is 38.0 Å². The summed E-state index contributed by atoms with van der Waals surface area (Å²) in [7, 11) is 0. The first kappa shape index (κ1) is 15.9. The van der Waals surface area contributed by atoms with E-state index in [4.69, 9.17) is 5.73 Å². The van der Waals surface area contributed by atoms with Crippen molar-refractivity contribution in [2.24, 2.45) is 11.7 Å². The minimum absolute atomic E-state index is 0.715. The van der Waals surface area contributed by atoms with Gasteiger partial charge in [-0.15, -0.1) is 0 Å². The molecule has 0 saturated heterocycles. The molecule has 16 heavy (non-hydrogen) atoms. The molecule has 1 atom stereocenters. The van der Waals surface area contributed by atoms with E-state index in [1.807, 2.05) is 0 Å². The Balaban J connectivity index is 2.93. The normalized spacial score (nSPS) is 12.9. The smallest absolute Gasteiger partial charge is 0.00489 e. The van der Waals surface area contributed by atoms with Crippen molar-refractivity contribution in [1.82, 2.24) is 5.32 Å². The second-order valence-corrected chi connectivity index (χ2v) is 5.00. The van der Waals surface area contributed by atoms with Gasteiger partial charge in [-0.2, -0.15) is 0 Å². The predicted octanol–water partition coefficient (Wildman–Crippen LogP) is 3.31. The van der Waals surface area contributed by atoms with Crippen LogP contribution in [-0.2, 0) is 0 Å². The Morgan fingerprint density at radius 2 is 1.56 bits per heavy atom. The van der Waals surface area contributed by atoms with Crippen LogP contribution in [0.1, 0.15) is 65.2 Å². The summed E-state index contributed by atoms with van der Waals surface area (Å²) in [6, 6.07) is 0. The molecule has 0 aromatic carbocycles. The lowest BCUT2D eigenvalue weighted by Gasteiger charge is -2.07. The first-order chi connectivity index (χ1) is 7.81. The van der Waals surface area contributed by atoms with Gasteiger partial charge in [-0.3, -0.25) is 0 Å². The molecule has 3 N–H and O–H groups in total. The third kappa shape index (κ3) is 12.0. The van der Waals surface area contributed by atoms with Crippen molar-refractivity contribution in [1.29, 1.82) is 0 Å². The maximum atomic E-state index is 5.58. The monoisotopic (exact) mass is 228 g/mol. The van der Waals surface area contributed by atoms with Gasteiger partial charge in [0.1, 0.15) is 0 Å². The molecule has 1 unspecified atom stereocenters. The highest BCUT2D eigenvalue weighted by Crippen LogP contribution is 2.08. The summed E-state index contributed by atoms with van der Waals surface area (Å²) >= 11 is 0. The summed E-state index contributed by atoms with van der Waals surface area (Å²) in [4.78, 5) is 0. The summed E-state index contributed by atoms with van der Waals surface area (Å²) in [5, 5.41) is 3.51. The van der Waals surface area contributed by atoms with Gasteiger partial charge in [0.15, 0.2) is 0 Å². The van der Waals surface area contributed by atoms with Gasteiger partial charge in [0.2, 0.25) is 0 Å². The predicted molar refractivity (Wildman–Crippen MR) is 73.7 cm³/mol. The molecule has 98 valence electrons. The quantitative estimate of drug-likeness (QED) is 0.503. The zero-order valence-electron chi connectivity index (χ0n) is 11.4. The first-order valence-electron chi connectivity index (χ1n) is 7.22. The van der Waals surface area contributed by atoms with Crippen LogP contribution < -0.4 is 11.1 Å². The van der Waals surface area contributed by atoms with E-state index < -0.39 is 0 Å². The molecule has 0 aliphatic carbocycles. The van der Waals surface area contributed by atoms with E-state index in [9.17, 15) is 0 Å². The summed E-state index contributed by atoms with van der Waals surface area (Å²) in [6.07, 6.45) is 10.8. The van der Waals surface area contributed by atoms with Gasteiger partial charge in [-0.1, -0.05) is 46.0 Å². The zero-order chi connectivity index (χ0) is 12.1. The number of hydrogen-bond acceptors (Lipinski definition) is 2. The van der Waals surface area contributed by atoms with Crippen molar-refractivity contribution >= 4 is 0 Å². The fraction of sp³-hybridized carbons (Fsp3) is 1.00. The highest BCUT2D eigenvalue weighted by molar-refractivity contribution is 4.54. The van der Waals surface area contributed by atoms with Crippen LogP contribution in [0.4, 0.5) is 0 Å². The van der Waals surface area contributed by atoms with Gasteiger partial charge >= 0.3 is 0 Å². The minimum Gasteiger partial charge on any atom is -0.330 e. The number of hydrogen-bond donors (Lipinski definition) is 2. The average Bonchev–Trinajstić information content (AvgIpc) is 2.31. The van der Waals surface area contributed by atoms with Crippen molar-refractivity contribution in [3.63, 3.8) is 0 Å². The molecule has 0 spiro atoms.